The van der Waals surface area contributed by atoms with Crippen LogP contribution in [0.1, 0.15) is 17.2 Å². The number of amides is 1. The fourth-order valence-corrected chi connectivity index (χ4v) is 3.57. The molecule has 0 aromatic heterocycles. The Morgan fingerprint density at radius 1 is 1.09 bits per heavy atom. The van der Waals surface area contributed by atoms with Gasteiger partial charge >= 0.3 is 0 Å². The van der Waals surface area contributed by atoms with Gasteiger partial charge in [-0.3, -0.25) is 9.59 Å². The Bertz CT molecular complexity index is 1010. The third kappa shape index (κ3) is 4.84. The molecule has 1 atom stereocenters. The van der Waals surface area contributed by atoms with Crippen molar-refractivity contribution < 1.29 is 24.2 Å². The van der Waals surface area contributed by atoms with Gasteiger partial charge in [-0.05, 0) is 56.1 Å². The first-order valence-electron chi connectivity index (χ1n) is 10.3. The molecule has 1 heterocycles. The highest BCUT2D eigenvalue weighted by Crippen LogP contribution is 2.39. The number of hydrogen-bond donors (Lipinski definition) is 1. The number of aliphatic hydroxyl groups excluding tert-OH is 1. The summed E-state index contributed by atoms with van der Waals surface area (Å²) in [5, 5.41) is 11.1. The number of likely N-dealkylation sites (N-methyl/N-ethyl adjacent to an activating group) is 1. The quantitative estimate of drug-likeness (QED) is 0.281. The van der Waals surface area contributed by atoms with Crippen LogP contribution in [0.5, 0.6) is 11.5 Å². The maximum Gasteiger partial charge on any atom is 0.295 e. The molecule has 1 fully saturated rings. The Morgan fingerprint density at radius 3 is 2.28 bits per heavy atom. The van der Waals surface area contributed by atoms with Gasteiger partial charge in [0.05, 0.1) is 18.7 Å². The lowest BCUT2D eigenvalue weighted by Gasteiger charge is -2.26. The molecule has 0 spiro atoms. The summed E-state index contributed by atoms with van der Waals surface area (Å²) < 4.78 is 10.7. The van der Waals surface area contributed by atoms with Crippen molar-refractivity contribution in [3.8, 4) is 11.5 Å². The summed E-state index contributed by atoms with van der Waals surface area (Å²) in [6.07, 6.45) is 1.64. The maximum absolute atomic E-state index is 13.0. The molecule has 1 aliphatic rings. The van der Waals surface area contributed by atoms with Gasteiger partial charge in [0.25, 0.3) is 11.7 Å². The van der Waals surface area contributed by atoms with Crippen LogP contribution in [0.25, 0.3) is 5.76 Å². The van der Waals surface area contributed by atoms with Crippen LogP contribution in [0, 0.1) is 0 Å². The van der Waals surface area contributed by atoms with E-state index in [1.807, 2.05) is 19.0 Å². The molecule has 0 unspecified atom stereocenters. The van der Waals surface area contributed by atoms with Crippen molar-refractivity contribution in [1.29, 1.82) is 0 Å². The summed E-state index contributed by atoms with van der Waals surface area (Å²) in [5.41, 5.74) is 1.22. The third-order valence-corrected chi connectivity index (χ3v) is 5.26. The van der Waals surface area contributed by atoms with E-state index in [1.54, 1.807) is 61.7 Å². The monoisotopic (exact) mass is 436 g/mol. The van der Waals surface area contributed by atoms with Crippen molar-refractivity contribution in [1.82, 2.24) is 9.80 Å². The second-order valence-corrected chi connectivity index (χ2v) is 7.69. The van der Waals surface area contributed by atoms with E-state index in [9.17, 15) is 14.7 Å². The zero-order valence-corrected chi connectivity index (χ0v) is 18.6. The fourth-order valence-electron chi connectivity index (χ4n) is 3.57. The van der Waals surface area contributed by atoms with Crippen LogP contribution in [0.4, 0.5) is 0 Å². The molecule has 3 rings (SSSR count). The first-order valence-corrected chi connectivity index (χ1v) is 10.3. The minimum Gasteiger partial charge on any atom is -0.507 e. The summed E-state index contributed by atoms with van der Waals surface area (Å²) in [4.78, 5) is 29.4. The highest BCUT2D eigenvalue weighted by atomic mass is 16.5. The SMILES string of the molecule is C=CCOc1ccc(C(O)=C2C(=O)C(=O)N(CCN(C)C)[C@@H]2c2ccc(OC)cc2)cc1. The van der Waals surface area contributed by atoms with E-state index in [1.165, 1.54) is 4.90 Å². The Balaban J connectivity index is 2.05. The standard InChI is InChI=1S/C25H28N2O5/c1-5-16-32-20-12-8-18(9-13-20)23(28)21-22(17-6-10-19(31-4)11-7-17)27(15-14-26(2)3)25(30)24(21)29/h5-13,22,28H,1,14-16H2,2-4H3/t22-/m1/s1. The summed E-state index contributed by atoms with van der Waals surface area (Å²) in [5.74, 6) is -0.269. The lowest BCUT2D eigenvalue weighted by molar-refractivity contribution is -0.140. The van der Waals surface area contributed by atoms with Gasteiger partial charge in [0.15, 0.2) is 0 Å². The molecule has 168 valence electrons. The number of Topliss-reactive ketones (excluding diaryl/α,β-unsaturated/α-hetero) is 1. The van der Waals surface area contributed by atoms with Crippen LogP contribution in [-0.4, -0.2) is 67.5 Å². The van der Waals surface area contributed by atoms with Crippen LogP contribution in [-0.2, 0) is 9.59 Å². The summed E-state index contributed by atoms with van der Waals surface area (Å²) >= 11 is 0. The van der Waals surface area contributed by atoms with Crippen molar-refractivity contribution in [2.45, 2.75) is 6.04 Å². The molecule has 0 saturated carbocycles. The second-order valence-electron chi connectivity index (χ2n) is 7.69. The Labute approximate surface area is 188 Å². The molecule has 2 aromatic rings. The van der Waals surface area contributed by atoms with Crippen molar-refractivity contribution in [2.24, 2.45) is 0 Å². The van der Waals surface area contributed by atoms with Gasteiger partial charge in [-0.1, -0.05) is 24.8 Å². The molecule has 2 aromatic carbocycles. The Hall–Kier alpha value is -3.58. The van der Waals surface area contributed by atoms with Gasteiger partial charge in [0.1, 0.15) is 23.9 Å². The first kappa shape index (κ1) is 23.1. The largest absolute Gasteiger partial charge is 0.507 e. The summed E-state index contributed by atoms with van der Waals surface area (Å²) in [7, 11) is 5.37. The molecule has 1 amide bonds. The predicted molar refractivity (Wildman–Crippen MR) is 123 cm³/mol. The average molecular weight is 437 g/mol. The predicted octanol–water partition coefficient (Wildman–Crippen LogP) is 3.24. The molecule has 1 aliphatic heterocycles. The van der Waals surface area contributed by atoms with E-state index < -0.39 is 17.7 Å². The van der Waals surface area contributed by atoms with Crippen LogP contribution in [0.15, 0.2) is 66.8 Å². The minimum atomic E-state index is -0.700. The van der Waals surface area contributed by atoms with Crippen LogP contribution >= 0.6 is 0 Å². The molecule has 7 nitrogen and oxygen atoms in total. The van der Waals surface area contributed by atoms with Gasteiger partial charge in [0.2, 0.25) is 0 Å². The minimum absolute atomic E-state index is 0.0682. The number of carbonyl (C=O) groups excluding carboxylic acids is 2. The lowest BCUT2D eigenvalue weighted by Crippen LogP contribution is -2.35. The van der Waals surface area contributed by atoms with E-state index in [0.717, 1.165) is 5.56 Å². The summed E-state index contributed by atoms with van der Waals surface area (Å²) in [6, 6.07) is 13.2. The van der Waals surface area contributed by atoms with Crippen molar-refractivity contribution in [3.63, 3.8) is 0 Å². The zero-order chi connectivity index (χ0) is 23.3. The van der Waals surface area contributed by atoms with E-state index in [2.05, 4.69) is 6.58 Å². The third-order valence-electron chi connectivity index (χ3n) is 5.26. The smallest absolute Gasteiger partial charge is 0.295 e. The number of ether oxygens (including phenoxy) is 2. The molecule has 1 N–H and O–H groups in total. The fraction of sp³-hybridized carbons (Fsp3) is 0.280. The van der Waals surface area contributed by atoms with E-state index in [4.69, 9.17) is 9.47 Å². The topological polar surface area (TPSA) is 79.3 Å². The van der Waals surface area contributed by atoms with Crippen LogP contribution in [0.3, 0.4) is 0 Å². The van der Waals surface area contributed by atoms with E-state index in [0.29, 0.717) is 36.8 Å². The molecule has 32 heavy (non-hydrogen) atoms. The molecular formula is C25H28N2O5. The Morgan fingerprint density at radius 2 is 1.72 bits per heavy atom. The van der Waals surface area contributed by atoms with Crippen molar-refractivity contribution >= 4 is 17.4 Å². The van der Waals surface area contributed by atoms with Gasteiger partial charge < -0.3 is 24.4 Å². The number of likely N-dealkylation sites (tertiary alicyclic amines) is 1. The van der Waals surface area contributed by atoms with Crippen molar-refractivity contribution in [2.75, 3.05) is 40.9 Å². The number of benzene rings is 2. The van der Waals surface area contributed by atoms with Gasteiger partial charge in [-0.2, -0.15) is 0 Å². The van der Waals surface area contributed by atoms with E-state index >= 15 is 0 Å². The Kier molecular flexibility index (Phi) is 7.33. The molecular weight excluding hydrogens is 408 g/mol. The number of carbonyl (C=O) groups is 2. The number of rotatable bonds is 9. The van der Waals surface area contributed by atoms with Crippen LogP contribution in [0.2, 0.25) is 0 Å². The maximum atomic E-state index is 13.0. The number of nitrogens with zero attached hydrogens (tertiary/aromatic N) is 2. The zero-order valence-electron chi connectivity index (χ0n) is 18.6. The molecule has 7 heteroatoms. The van der Waals surface area contributed by atoms with Gasteiger partial charge in [-0.15, -0.1) is 0 Å². The number of hydrogen-bond acceptors (Lipinski definition) is 6. The molecule has 1 saturated heterocycles. The van der Waals surface area contributed by atoms with E-state index in [-0.39, 0.29) is 11.3 Å². The molecule has 0 radical (unpaired) electrons. The average Bonchev–Trinajstić information content (AvgIpc) is 3.06. The number of aliphatic hydroxyl groups is 1. The highest BCUT2D eigenvalue weighted by molar-refractivity contribution is 6.46. The second kappa shape index (κ2) is 10.2. The number of methoxy groups -OCH3 is 1. The normalized spacial score (nSPS) is 17.6. The molecule has 0 aliphatic carbocycles. The van der Waals surface area contributed by atoms with Crippen molar-refractivity contribution in [3.05, 3.63) is 77.9 Å². The van der Waals surface area contributed by atoms with Gasteiger partial charge in [0, 0.05) is 18.7 Å². The highest BCUT2D eigenvalue weighted by Gasteiger charge is 2.45. The van der Waals surface area contributed by atoms with Crippen LogP contribution < -0.4 is 9.47 Å². The summed E-state index contributed by atoms with van der Waals surface area (Å²) in [6.45, 7) is 4.90. The van der Waals surface area contributed by atoms with Gasteiger partial charge in [-0.25, -0.2) is 0 Å². The first-order chi connectivity index (χ1) is 15.4. The number of ketones is 1. The lowest BCUT2D eigenvalue weighted by atomic mass is 9.95. The molecule has 0 bridgehead atoms.